The van der Waals surface area contributed by atoms with Crippen molar-refractivity contribution in [2.75, 3.05) is 0 Å². The van der Waals surface area contributed by atoms with Crippen LogP contribution in [0.15, 0.2) is 18.2 Å². The summed E-state index contributed by atoms with van der Waals surface area (Å²) in [4.78, 5) is 22.1. The first-order valence-corrected chi connectivity index (χ1v) is 5.14. The van der Waals surface area contributed by atoms with Gasteiger partial charge in [0.1, 0.15) is 6.04 Å². The Labute approximate surface area is 102 Å². The average Bonchev–Trinajstić information content (AvgIpc) is 2.16. The molecular weight excluding hydrogens is 253 g/mol. The van der Waals surface area contributed by atoms with E-state index in [1.165, 1.54) is 18.2 Å². The van der Waals surface area contributed by atoms with Crippen molar-refractivity contribution < 1.29 is 14.7 Å². The molecule has 1 atom stereocenters. The van der Waals surface area contributed by atoms with Crippen molar-refractivity contribution in [1.29, 1.82) is 0 Å². The number of hydrogen-bond acceptors (Lipinski definition) is 3. The predicted octanol–water partition coefficient (Wildman–Crippen LogP) is 1.98. The number of rotatable bonds is 4. The number of carboxylic acids is 1. The molecule has 86 valence electrons. The maximum absolute atomic E-state index is 11.6. The minimum Gasteiger partial charge on any atom is -0.480 e. The third-order valence-electron chi connectivity index (χ3n) is 1.95. The number of Topliss-reactive ketones (excluding diaryl/α,β-unsaturated/α-hetero) is 1. The summed E-state index contributed by atoms with van der Waals surface area (Å²) in [6, 6.07) is 3.15. The van der Waals surface area contributed by atoms with E-state index in [9.17, 15) is 9.59 Å². The van der Waals surface area contributed by atoms with Gasteiger partial charge in [-0.25, -0.2) is 0 Å². The van der Waals surface area contributed by atoms with Gasteiger partial charge in [-0.3, -0.25) is 9.59 Å². The molecule has 0 aliphatic rings. The second kappa shape index (κ2) is 5.30. The first kappa shape index (κ1) is 13.0. The van der Waals surface area contributed by atoms with Gasteiger partial charge in [0.25, 0.3) is 0 Å². The highest BCUT2D eigenvalue weighted by Gasteiger charge is 2.19. The zero-order valence-electron chi connectivity index (χ0n) is 8.11. The van der Waals surface area contributed by atoms with Crippen LogP contribution in [0, 0.1) is 0 Å². The van der Waals surface area contributed by atoms with Gasteiger partial charge in [0, 0.05) is 17.0 Å². The number of nitrogens with two attached hydrogens (primary N) is 1. The Balaban J connectivity index is 2.85. The molecule has 0 saturated carbocycles. The molecule has 0 amide bonds. The molecule has 0 unspecified atom stereocenters. The lowest BCUT2D eigenvalue weighted by molar-refractivity contribution is -0.138. The first-order chi connectivity index (χ1) is 7.41. The van der Waals surface area contributed by atoms with Crippen LogP contribution in [0.1, 0.15) is 16.8 Å². The van der Waals surface area contributed by atoms with Crippen LogP contribution < -0.4 is 5.73 Å². The minimum absolute atomic E-state index is 0.190. The lowest BCUT2D eigenvalue weighted by atomic mass is 10.0. The third kappa shape index (κ3) is 3.20. The van der Waals surface area contributed by atoms with Crippen molar-refractivity contribution in [3.8, 4) is 0 Å². The highest BCUT2D eigenvalue weighted by molar-refractivity contribution is 6.36. The number of benzene rings is 1. The average molecular weight is 262 g/mol. The third-order valence-corrected chi connectivity index (χ3v) is 2.50. The van der Waals surface area contributed by atoms with Gasteiger partial charge in [-0.15, -0.1) is 0 Å². The molecule has 3 N–H and O–H groups in total. The second-order valence-corrected chi connectivity index (χ2v) is 4.04. The number of carbonyl (C=O) groups excluding carboxylic acids is 1. The maximum atomic E-state index is 11.6. The van der Waals surface area contributed by atoms with E-state index in [-0.39, 0.29) is 17.0 Å². The number of halogens is 2. The zero-order chi connectivity index (χ0) is 12.3. The quantitative estimate of drug-likeness (QED) is 0.813. The fourth-order valence-electron chi connectivity index (χ4n) is 1.11. The number of aliphatic carboxylic acids is 1. The standard InChI is InChI=1S/C10H9Cl2NO3/c11-5-1-2-6(7(12)3-5)9(14)4-8(13)10(15)16/h1-3,8H,4,13H2,(H,15,16)/t8-/m0/s1. The van der Waals surface area contributed by atoms with E-state index in [4.69, 9.17) is 34.0 Å². The topological polar surface area (TPSA) is 80.4 Å². The van der Waals surface area contributed by atoms with Crippen LogP contribution in [0.4, 0.5) is 0 Å². The first-order valence-electron chi connectivity index (χ1n) is 4.38. The molecule has 0 saturated heterocycles. The Morgan fingerprint density at radius 1 is 1.38 bits per heavy atom. The van der Waals surface area contributed by atoms with Crippen LogP contribution in [-0.4, -0.2) is 22.9 Å². The van der Waals surface area contributed by atoms with E-state index < -0.39 is 17.8 Å². The molecule has 0 aliphatic heterocycles. The van der Waals surface area contributed by atoms with Gasteiger partial charge in [0.05, 0.1) is 5.02 Å². The zero-order valence-corrected chi connectivity index (χ0v) is 9.63. The van der Waals surface area contributed by atoms with Crippen LogP contribution in [0.3, 0.4) is 0 Å². The highest BCUT2D eigenvalue weighted by Crippen LogP contribution is 2.22. The number of carboxylic acid groups (broad SMARTS) is 1. The fourth-order valence-corrected chi connectivity index (χ4v) is 1.63. The molecule has 0 aromatic heterocycles. The molecule has 1 aromatic rings. The van der Waals surface area contributed by atoms with Crippen molar-refractivity contribution in [2.45, 2.75) is 12.5 Å². The summed E-state index contributed by atoms with van der Waals surface area (Å²) in [5.74, 6) is -1.64. The fraction of sp³-hybridized carbons (Fsp3) is 0.200. The molecule has 1 rings (SSSR count). The van der Waals surface area contributed by atoms with Crippen molar-refractivity contribution in [2.24, 2.45) is 5.73 Å². The van der Waals surface area contributed by atoms with Gasteiger partial charge in [-0.1, -0.05) is 23.2 Å². The van der Waals surface area contributed by atoms with Gasteiger partial charge in [-0.05, 0) is 18.2 Å². The van der Waals surface area contributed by atoms with Crippen LogP contribution in [-0.2, 0) is 4.79 Å². The molecule has 0 fully saturated rings. The molecule has 6 heteroatoms. The summed E-state index contributed by atoms with van der Waals surface area (Å²) in [6.07, 6.45) is -0.295. The lowest BCUT2D eigenvalue weighted by Gasteiger charge is -2.07. The van der Waals surface area contributed by atoms with Crippen LogP contribution in [0.2, 0.25) is 10.0 Å². The maximum Gasteiger partial charge on any atom is 0.320 e. The minimum atomic E-state index is -1.22. The van der Waals surface area contributed by atoms with E-state index in [1.54, 1.807) is 0 Å². The molecule has 0 bridgehead atoms. The normalized spacial score (nSPS) is 12.2. The van der Waals surface area contributed by atoms with E-state index >= 15 is 0 Å². The van der Waals surface area contributed by atoms with E-state index in [0.717, 1.165) is 0 Å². The lowest BCUT2D eigenvalue weighted by Crippen LogP contribution is -2.32. The summed E-state index contributed by atoms with van der Waals surface area (Å²) in [6.45, 7) is 0. The van der Waals surface area contributed by atoms with Crippen molar-refractivity contribution in [1.82, 2.24) is 0 Å². The summed E-state index contributed by atoms with van der Waals surface area (Å²) < 4.78 is 0. The number of ketones is 1. The Morgan fingerprint density at radius 3 is 2.50 bits per heavy atom. The van der Waals surface area contributed by atoms with Crippen molar-refractivity contribution in [3.63, 3.8) is 0 Å². The molecule has 0 aliphatic carbocycles. The summed E-state index contributed by atoms with van der Waals surface area (Å²) in [7, 11) is 0. The van der Waals surface area contributed by atoms with Crippen LogP contribution in [0.25, 0.3) is 0 Å². The second-order valence-electron chi connectivity index (χ2n) is 3.20. The van der Waals surface area contributed by atoms with Crippen LogP contribution in [0.5, 0.6) is 0 Å². The Kier molecular flexibility index (Phi) is 4.29. The summed E-state index contributed by atoms with van der Waals surface area (Å²) in [5, 5.41) is 9.16. The SMILES string of the molecule is N[C@@H](CC(=O)c1ccc(Cl)cc1Cl)C(=O)O. The number of carbonyl (C=O) groups is 2. The highest BCUT2D eigenvalue weighted by atomic mass is 35.5. The van der Waals surface area contributed by atoms with E-state index in [1.807, 2.05) is 0 Å². The Morgan fingerprint density at radius 2 is 2.00 bits per heavy atom. The van der Waals surface area contributed by atoms with Gasteiger partial charge in [-0.2, -0.15) is 0 Å². The molecule has 0 radical (unpaired) electrons. The number of hydrogen-bond donors (Lipinski definition) is 2. The largest absolute Gasteiger partial charge is 0.480 e. The van der Waals surface area contributed by atoms with Crippen LogP contribution >= 0.6 is 23.2 Å². The van der Waals surface area contributed by atoms with Crippen molar-refractivity contribution in [3.05, 3.63) is 33.8 Å². The Hall–Kier alpha value is -1.10. The van der Waals surface area contributed by atoms with E-state index in [2.05, 4.69) is 0 Å². The van der Waals surface area contributed by atoms with Gasteiger partial charge in [0.15, 0.2) is 5.78 Å². The van der Waals surface area contributed by atoms with Crippen molar-refractivity contribution >= 4 is 35.0 Å². The molecular formula is C10H9Cl2NO3. The van der Waals surface area contributed by atoms with Gasteiger partial charge in [0.2, 0.25) is 0 Å². The molecule has 0 heterocycles. The molecule has 1 aromatic carbocycles. The monoisotopic (exact) mass is 261 g/mol. The van der Waals surface area contributed by atoms with Gasteiger partial charge < -0.3 is 10.8 Å². The summed E-state index contributed by atoms with van der Waals surface area (Å²) in [5.41, 5.74) is 5.47. The Bertz CT molecular complexity index is 434. The summed E-state index contributed by atoms with van der Waals surface area (Å²) >= 11 is 11.5. The molecule has 4 nitrogen and oxygen atoms in total. The van der Waals surface area contributed by atoms with Gasteiger partial charge >= 0.3 is 5.97 Å². The predicted molar refractivity (Wildman–Crippen MR) is 61.0 cm³/mol. The molecule has 16 heavy (non-hydrogen) atoms. The smallest absolute Gasteiger partial charge is 0.320 e. The molecule has 0 spiro atoms. The van der Waals surface area contributed by atoms with E-state index in [0.29, 0.717) is 5.02 Å².